The van der Waals surface area contributed by atoms with Crippen LogP contribution < -0.4 is 4.90 Å². The maximum Gasteiger partial charge on any atom is 0.159 e. The molecule has 0 aliphatic carbocycles. The lowest BCUT2D eigenvalue weighted by Gasteiger charge is -2.26. The van der Waals surface area contributed by atoms with Gasteiger partial charge in [0.1, 0.15) is 5.58 Å². The molecule has 1 aromatic heterocycles. The van der Waals surface area contributed by atoms with E-state index in [2.05, 4.69) is 195 Å². The number of fused-ring (bicyclic) bond motifs is 6. The van der Waals surface area contributed by atoms with Crippen LogP contribution in [0.5, 0.6) is 0 Å². The summed E-state index contributed by atoms with van der Waals surface area (Å²) < 4.78 is 6.59. The van der Waals surface area contributed by atoms with Crippen LogP contribution in [0.1, 0.15) is 25.3 Å². The van der Waals surface area contributed by atoms with Crippen LogP contribution >= 0.6 is 0 Å². The van der Waals surface area contributed by atoms with Crippen molar-refractivity contribution in [1.29, 1.82) is 0 Å². The number of para-hydroxylation sites is 2. The average molecular weight is 680 g/mol. The number of anilines is 3. The van der Waals surface area contributed by atoms with E-state index in [4.69, 9.17) is 4.42 Å². The molecule has 2 heteroatoms. The molecule has 0 aliphatic heterocycles. The molecule has 0 saturated carbocycles. The van der Waals surface area contributed by atoms with Crippen molar-refractivity contribution in [3.05, 3.63) is 188 Å². The van der Waals surface area contributed by atoms with Gasteiger partial charge in [0, 0.05) is 22.1 Å². The SMILES string of the molecule is CC(C)c1ccc(N(c2ccc(-c3c4ccccc4c(-c4cccc5ccccc45)c4ccccc34)cc2)c2cccc3c2oc2ccccc23)cc1. The molecule has 0 amide bonds. The summed E-state index contributed by atoms with van der Waals surface area (Å²) in [6.45, 7) is 4.48. The number of furan rings is 1. The molecule has 53 heavy (non-hydrogen) atoms. The van der Waals surface area contributed by atoms with E-state index >= 15 is 0 Å². The Morgan fingerprint density at radius 1 is 0.415 bits per heavy atom. The van der Waals surface area contributed by atoms with Crippen molar-refractivity contribution in [2.75, 3.05) is 4.90 Å². The van der Waals surface area contributed by atoms with Crippen molar-refractivity contribution in [2.45, 2.75) is 19.8 Å². The van der Waals surface area contributed by atoms with Gasteiger partial charge in [0.25, 0.3) is 0 Å². The molecule has 1 heterocycles. The van der Waals surface area contributed by atoms with Crippen LogP contribution in [0.15, 0.2) is 186 Å². The molecule has 9 aromatic carbocycles. The molecule has 0 spiro atoms. The van der Waals surface area contributed by atoms with Crippen LogP contribution in [0.3, 0.4) is 0 Å². The first kappa shape index (κ1) is 31.1. The Balaban J connectivity index is 1.17. The zero-order valence-corrected chi connectivity index (χ0v) is 29.8. The van der Waals surface area contributed by atoms with Gasteiger partial charge >= 0.3 is 0 Å². The second kappa shape index (κ2) is 12.5. The largest absolute Gasteiger partial charge is 0.454 e. The normalized spacial score (nSPS) is 11.8. The fourth-order valence-electron chi connectivity index (χ4n) is 8.29. The van der Waals surface area contributed by atoms with E-state index in [1.807, 2.05) is 6.07 Å². The van der Waals surface area contributed by atoms with Crippen molar-refractivity contribution in [1.82, 2.24) is 0 Å². The molecule has 0 aliphatic rings. The molecule has 0 saturated heterocycles. The quantitative estimate of drug-likeness (QED) is 0.163. The van der Waals surface area contributed by atoms with Crippen molar-refractivity contribution in [2.24, 2.45) is 0 Å². The maximum absolute atomic E-state index is 6.59. The molecule has 0 unspecified atom stereocenters. The van der Waals surface area contributed by atoms with E-state index < -0.39 is 0 Å². The van der Waals surface area contributed by atoms with Gasteiger partial charge in [-0.2, -0.15) is 0 Å². The number of rotatable bonds is 6. The summed E-state index contributed by atoms with van der Waals surface area (Å²) in [5, 5.41) is 9.76. The van der Waals surface area contributed by atoms with Crippen LogP contribution in [-0.2, 0) is 0 Å². The Morgan fingerprint density at radius 2 is 0.925 bits per heavy atom. The van der Waals surface area contributed by atoms with Crippen LogP contribution in [-0.4, -0.2) is 0 Å². The second-order valence-corrected chi connectivity index (χ2v) is 14.2. The third kappa shape index (κ3) is 5.10. The van der Waals surface area contributed by atoms with Gasteiger partial charge in [-0.05, 0) is 102 Å². The summed E-state index contributed by atoms with van der Waals surface area (Å²) in [5.74, 6) is 0.451. The molecule has 0 radical (unpaired) electrons. The second-order valence-electron chi connectivity index (χ2n) is 14.2. The number of hydrogen-bond donors (Lipinski definition) is 0. The Hall–Kier alpha value is -6.64. The van der Waals surface area contributed by atoms with Crippen molar-refractivity contribution < 1.29 is 4.42 Å². The fraction of sp³-hybridized carbons (Fsp3) is 0.0588. The van der Waals surface area contributed by atoms with E-state index in [1.54, 1.807) is 0 Å². The lowest BCUT2D eigenvalue weighted by molar-refractivity contribution is 0.669. The molecule has 10 rings (SSSR count). The number of nitrogens with zero attached hydrogens (tertiary/aromatic N) is 1. The highest BCUT2D eigenvalue weighted by Gasteiger charge is 2.21. The van der Waals surface area contributed by atoms with E-state index in [0.29, 0.717) is 5.92 Å². The highest BCUT2D eigenvalue weighted by Crippen LogP contribution is 2.47. The summed E-state index contributed by atoms with van der Waals surface area (Å²) in [6, 6.07) is 66.0. The predicted octanol–water partition coefficient (Wildman–Crippen LogP) is 15.0. The van der Waals surface area contributed by atoms with Crippen LogP contribution in [0.4, 0.5) is 17.1 Å². The highest BCUT2D eigenvalue weighted by molar-refractivity contribution is 6.23. The highest BCUT2D eigenvalue weighted by atomic mass is 16.3. The molecular weight excluding hydrogens is 643 g/mol. The molecule has 0 atom stereocenters. The van der Waals surface area contributed by atoms with Crippen LogP contribution in [0, 0.1) is 0 Å². The van der Waals surface area contributed by atoms with Gasteiger partial charge in [-0.3, -0.25) is 0 Å². The van der Waals surface area contributed by atoms with E-state index in [-0.39, 0.29) is 0 Å². The minimum absolute atomic E-state index is 0.451. The fourth-order valence-corrected chi connectivity index (χ4v) is 8.29. The Kier molecular flexibility index (Phi) is 7.37. The molecule has 0 bridgehead atoms. The maximum atomic E-state index is 6.59. The first-order valence-corrected chi connectivity index (χ1v) is 18.5. The zero-order valence-electron chi connectivity index (χ0n) is 29.8. The van der Waals surface area contributed by atoms with Crippen molar-refractivity contribution in [3.8, 4) is 22.3 Å². The van der Waals surface area contributed by atoms with Gasteiger partial charge in [-0.1, -0.05) is 159 Å². The number of benzene rings is 9. The average Bonchev–Trinajstić information content (AvgIpc) is 3.60. The molecule has 0 N–H and O–H groups in total. The topological polar surface area (TPSA) is 16.4 Å². The number of hydrogen-bond acceptors (Lipinski definition) is 2. The molecule has 252 valence electrons. The van der Waals surface area contributed by atoms with Gasteiger partial charge in [-0.15, -0.1) is 0 Å². The monoisotopic (exact) mass is 679 g/mol. The summed E-state index contributed by atoms with van der Waals surface area (Å²) in [6.07, 6.45) is 0. The Morgan fingerprint density at radius 3 is 1.58 bits per heavy atom. The van der Waals surface area contributed by atoms with E-state index in [0.717, 1.165) is 39.0 Å². The summed E-state index contributed by atoms with van der Waals surface area (Å²) >= 11 is 0. The van der Waals surface area contributed by atoms with Crippen LogP contribution in [0.25, 0.3) is 76.5 Å². The molecular formula is C51H37NO. The van der Waals surface area contributed by atoms with Gasteiger partial charge in [-0.25, -0.2) is 0 Å². The first-order chi connectivity index (χ1) is 26.1. The van der Waals surface area contributed by atoms with E-state index in [1.165, 1.54) is 60.1 Å². The van der Waals surface area contributed by atoms with Gasteiger partial charge in [0.15, 0.2) is 5.58 Å². The van der Waals surface area contributed by atoms with E-state index in [9.17, 15) is 0 Å². The summed E-state index contributed by atoms with van der Waals surface area (Å²) in [4.78, 5) is 2.33. The minimum atomic E-state index is 0.451. The van der Waals surface area contributed by atoms with Crippen molar-refractivity contribution >= 4 is 71.3 Å². The first-order valence-electron chi connectivity index (χ1n) is 18.5. The minimum Gasteiger partial charge on any atom is -0.454 e. The predicted molar refractivity (Wildman–Crippen MR) is 226 cm³/mol. The van der Waals surface area contributed by atoms with Gasteiger partial charge in [0.05, 0.1) is 5.69 Å². The smallest absolute Gasteiger partial charge is 0.159 e. The third-order valence-electron chi connectivity index (χ3n) is 10.8. The molecule has 0 fully saturated rings. The standard InChI is InChI=1S/C51H37NO/c1-33(2)34-25-29-37(30-26-34)52(47-23-12-22-46-40-16-9-10-24-48(40)53-51(46)47)38-31-27-36(28-32-38)49-42-17-5-7-19-44(42)50(45-20-8-6-18-43(45)49)41-21-11-14-35-13-3-4-15-39(35)41/h3-33H,1-2H3. The Bertz CT molecular complexity index is 2910. The van der Waals surface area contributed by atoms with Crippen LogP contribution in [0.2, 0.25) is 0 Å². The zero-order chi connectivity index (χ0) is 35.5. The summed E-state index contributed by atoms with van der Waals surface area (Å²) in [5.41, 5.74) is 11.2. The molecule has 2 nitrogen and oxygen atoms in total. The summed E-state index contributed by atoms with van der Waals surface area (Å²) in [7, 11) is 0. The molecule has 10 aromatic rings. The van der Waals surface area contributed by atoms with Crippen molar-refractivity contribution in [3.63, 3.8) is 0 Å². The third-order valence-corrected chi connectivity index (χ3v) is 10.8. The van der Waals surface area contributed by atoms with Gasteiger partial charge < -0.3 is 9.32 Å². The lowest BCUT2D eigenvalue weighted by atomic mass is 9.85. The van der Waals surface area contributed by atoms with Gasteiger partial charge in [0.2, 0.25) is 0 Å². The Labute approximate surface area is 309 Å². The lowest BCUT2D eigenvalue weighted by Crippen LogP contribution is -2.10.